The largest absolute Gasteiger partial charge is 0.441 e. The molecule has 1 aliphatic heterocycles. The van der Waals surface area contributed by atoms with Crippen LogP contribution in [0.15, 0.2) is 22.1 Å². The molecular formula is C14H22N2O. The minimum absolute atomic E-state index is 0.0820. The first-order valence-corrected chi connectivity index (χ1v) is 6.45. The monoisotopic (exact) mass is 234 g/mol. The van der Waals surface area contributed by atoms with Crippen LogP contribution in [0.3, 0.4) is 0 Å². The van der Waals surface area contributed by atoms with E-state index in [2.05, 4.69) is 11.0 Å². The molecule has 0 amide bonds. The summed E-state index contributed by atoms with van der Waals surface area (Å²) in [5.41, 5.74) is 6.96. The van der Waals surface area contributed by atoms with Gasteiger partial charge in [0.05, 0.1) is 0 Å². The molecule has 0 radical (unpaired) electrons. The van der Waals surface area contributed by atoms with Crippen molar-refractivity contribution < 1.29 is 4.42 Å². The van der Waals surface area contributed by atoms with Crippen LogP contribution in [0.4, 0.5) is 5.88 Å². The summed E-state index contributed by atoms with van der Waals surface area (Å²) in [6.45, 7) is 6.25. The third kappa shape index (κ3) is 3.13. The Morgan fingerprint density at radius 2 is 2.06 bits per heavy atom. The Bertz CT molecular complexity index is 387. The molecule has 1 fully saturated rings. The van der Waals surface area contributed by atoms with E-state index in [-0.39, 0.29) is 6.04 Å². The van der Waals surface area contributed by atoms with Crippen LogP contribution in [0.25, 0.3) is 6.08 Å². The third-order valence-corrected chi connectivity index (χ3v) is 3.37. The van der Waals surface area contributed by atoms with Gasteiger partial charge >= 0.3 is 0 Å². The molecule has 0 aliphatic carbocycles. The molecule has 0 bridgehead atoms. The first kappa shape index (κ1) is 12.2. The average molecular weight is 234 g/mol. The summed E-state index contributed by atoms with van der Waals surface area (Å²) in [4.78, 5) is 2.32. The maximum absolute atomic E-state index is 5.84. The van der Waals surface area contributed by atoms with E-state index in [1.165, 1.54) is 19.3 Å². The van der Waals surface area contributed by atoms with Crippen molar-refractivity contribution in [2.75, 3.05) is 18.0 Å². The highest BCUT2D eigenvalue weighted by Crippen LogP contribution is 2.23. The first-order chi connectivity index (χ1) is 8.16. The van der Waals surface area contributed by atoms with Gasteiger partial charge in [0.15, 0.2) is 5.88 Å². The maximum atomic E-state index is 5.84. The molecule has 1 atom stereocenters. The van der Waals surface area contributed by atoms with E-state index in [0.717, 1.165) is 30.3 Å². The third-order valence-electron chi connectivity index (χ3n) is 3.37. The van der Waals surface area contributed by atoms with Crippen molar-refractivity contribution >= 4 is 12.0 Å². The lowest BCUT2D eigenvalue weighted by Crippen LogP contribution is -2.28. The Hall–Kier alpha value is -1.22. The molecule has 94 valence electrons. The van der Waals surface area contributed by atoms with Crippen LogP contribution in [-0.4, -0.2) is 19.1 Å². The second-order valence-electron chi connectivity index (χ2n) is 4.90. The minimum atomic E-state index is 0.0820. The Morgan fingerprint density at radius 3 is 2.71 bits per heavy atom. The molecule has 1 aliphatic rings. The topological polar surface area (TPSA) is 42.4 Å². The number of furan rings is 1. The highest BCUT2D eigenvalue weighted by Gasteiger charge is 2.13. The Balaban J connectivity index is 2.07. The van der Waals surface area contributed by atoms with Crippen molar-refractivity contribution in [3.05, 3.63) is 23.5 Å². The molecular weight excluding hydrogens is 212 g/mol. The molecule has 2 N–H and O–H groups in total. The Kier molecular flexibility index (Phi) is 3.89. The van der Waals surface area contributed by atoms with Gasteiger partial charge in [-0.15, -0.1) is 0 Å². The predicted octanol–water partition coefficient (Wildman–Crippen LogP) is 3.02. The summed E-state index contributed by atoms with van der Waals surface area (Å²) in [5.74, 6) is 1.90. The van der Waals surface area contributed by atoms with E-state index >= 15 is 0 Å². The average Bonchev–Trinajstić information content (AvgIpc) is 2.78. The lowest BCUT2D eigenvalue weighted by Gasteiger charge is -2.25. The normalized spacial score (nSPS) is 19.5. The van der Waals surface area contributed by atoms with Gasteiger partial charge in [0.1, 0.15) is 5.76 Å². The summed E-state index contributed by atoms with van der Waals surface area (Å²) in [5, 5.41) is 0. The fourth-order valence-electron chi connectivity index (χ4n) is 2.06. The van der Waals surface area contributed by atoms with E-state index < -0.39 is 0 Å². The smallest absolute Gasteiger partial charge is 0.196 e. The molecule has 2 rings (SSSR count). The second kappa shape index (κ2) is 5.41. The van der Waals surface area contributed by atoms with Gasteiger partial charge in [-0.05, 0) is 45.3 Å². The van der Waals surface area contributed by atoms with Crippen LogP contribution < -0.4 is 10.6 Å². The number of anilines is 1. The van der Waals surface area contributed by atoms with E-state index in [0.29, 0.717) is 0 Å². The molecule has 0 aromatic carbocycles. The van der Waals surface area contributed by atoms with Gasteiger partial charge in [-0.25, -0.2) is 0 Å². The summed E-state index contributed by atoms with van der Waals surface area (Å²) in [7, 11) is 0. The van der Waals surface area contributed by atoms with Crippen molar-refractivity contribution in [1.82, 2.24) is 0 Å². The van der Waals surface area contributed by atoms with Crippen LogP contribution in [0, 0.1) is 0 Å². The van der Waals surface area contributed by atoms with Gasteiger partial charge < -0.3 is 15.1 Å². The van der Waals surface area contributed by atoms with E-state index in [1.54, 1.807) is 0 Å². The minimum Gasteiger partial charge on any atom is -0.441 e. The molecule has 1 saturated heterocycles. The van der Waals surface area contributed by atoms with Crippen molar-refractivity contribution in [2.45, 2.75) is 39.2 Å². The van der Waals surface area contributed by atoms with Crippen LogP contribution in [0.2, 0.25) is 0 Å². The van der Waals surface area contributed by atoms with Gasteiger partial charge in [-0.2, -0.15) is 0 Å². The number of rotatable bonds is 3. The van der Waals surface area contributed by atoms with Crippen molar-refractivity contribution in [3.63, 3.8) is 0 Å². The number of nitrogens with zero attached hydrogens (tertiary/aromatic N) is 1. The zero-order valence-electron chi connectivity index (χ0n) is 10.8. The zero-order valence-corrected chi connectivity index (χ0v) is 10.8. The number of nitrogens with two attached hydrogens (primary N) is 1. The molecule has 1 aromatic rings. The SMILES string of the molecule is C/C(=C\c1ccc(N2CCCCC2)o1)C(C)N. The van der Waals surface area contributed by atoms with Gasteiger partial charge in [0.2, 0.25) is 0 Å². The second-order valence-corrected chi connectivity index (χ2v) is 4.90. The standard InChI is InChI=1S/C14H22N2O/c1-11(12(2)15)10-13-6-7-14(17-13)16-8-4-3-5-9-16/h6-7,10,12H,3-5,8-9,15H2,1-2H3/b11-10+. The summed E-state index contributed by atoms with van der Waals surface area (Å²) in [6, 6.07) is 4.17. The summed E-state index contributed by atoms with van der Waals surface area (Å²) in [6.07, 6.45) is 5.90. The van der Waals surface area contributed by atoms with Gasteiger partial charge in [-0.3, -0.25) is 0 Å². The molecule has 17 heavy (non-hydrogen) atoms. The Morgan fingerprint density at radius 1 is 1.35 bits per heavy atom. The molecule has 3 nitrogen and oxygen atoms in total. The van der Waals surface area contributed by atoms with Crippen LogP contribution in [0.1, 0.15) is 38.9 Å². The van der Waals surface area contributed by atoms with E-state index in [4.69, 9.17) is 10.2 Å². The zero-order chi connectivity index (χ0) is 12.3. The van der Waals surface area contributed by atoms with Crippen LogP contribution in [-0.2, 0) is 0 Å². The van der Waals surface area contributed by atoms with Crippen molar-refractivity contribution in [1.29, 1.82) is 0 Å². The molecule has 3 heteroatoms. The molecule has 1 aromatic heterocycles. The molecule has 1 unspecified atom stereocenters. The quantitative estimate of drug-likeness (QED) is 0.874. The first-order valence-electron chi connectivity index (χ1n) is 6.45. The highest BCUT2D eigenvalue weighted by atomic mass is 16.4. The van der Waals surface area contributed by atoms with Gasteiger partial charge in [0.25, 0.3) is 0 Å². The van der Waals surface area contributed by atoms with E-state index in [1.807, 2.05) is 26.0 Å². The van der Waals surface area contributed by atoms with Gasteiger partial charge in [0, 0.05) is 25.2 Å². The van der Waals surface area contributed by atoms with E-state index in [9.17, 15) is 0 Å². The lowest BCUT2D eigenvalue weighted by molar-refractivity contribution is 0.495. The van der Waals surface area contributed by atoms with Crippen molar-refractivity contribution in [3.8, 4) is 0 Å². The lowest BCUT2D eigenvalue weighted by atomic mass is 10.1. The van der Waals surface area contributed by atoms with Gasteiger partial charge in [-0.1, -0.05) is 5.57 Å². The van der Waals surface area contributed by atoms with Crippen molar-refractivity contribution in [2.24, 2.45) is 5.73 Å². The van der Waals surface area contributed by atoms with Crippen LogP contribution in [0.5, 0.6) is 0 Å². The summed E-state index contributed by atoms with van der Waals surface area (Å²) >= 11 is 0. The summed E-state index contributed by atoms with van der Waals surface area (Å²) < 4.78 is 5.84. The Labute approximate surface area is 103 Å². The molecule has 0 spiro atoms. The maximum Gasteiger partial charge on any atom is 0.196 e. The molecule has 0 saturated carbocycles. The van der Waals surface area contributed by atoms with Crippen LogP contribution >= 0.6 is 0 Å². The molecule has 2 heterocycles. The number of piperidine rings is 1. The fourth-order valence-corrected chi connectivity index (χ4v) is 2.06. The number of hydrogen-bond donors (Lipinski definition) is 1. The highest BCUT2D eigenvalue weighted by molar-refractivity contribution is 5.52. The predicted molar refractivity (Wildman–Crippen MR) is 72.1 cm³/mol. The number of hydrogen-bond acceptors (Lipinski definition) is 3. The fraction of sp³-hybridized carbons (Fsp3) is 0.571.